The second-order valence-corrected chi connectivity index (χ2v) is 7.28. The molecule has 2 aliphatic heterocycles. The van der Waals surface area contributed by atoms with Crippen LogP contribution in [0.4, 0.5) is 0 Å². The molecule has 2 aromatic carbocycles. The predicted molar refractivity (Wildman–Crippen MR) is 102 cm³/mol. The number of amides is 1. The van der Waals surface area contributed by atoms with Crippen molar-refractivity contribution in [2.45, 2.75) is 31.5 Å². The number of rotatable bonds is 3. The Bertz CT molecular complexity index is 873. The summed E-state index contributed by atoms with van der Waals surface area (Å²) in [6.07, 6.45) is 1.26. The van der Waals surface area contributed by atoms with E-state index in [0.29, 0.717) is 18.4 Å². The maximum absolute atomic E-state index is 13.4. The number of nitrogens with zero attached hydrogens (tertiary/aromatic N) is 2. The van der Waals surface area contributed by atoms with Crippen LogP contribution in [0, 0.1) is 0 Å². The first-order valence-electron chi connectivity index (χ1n) is 9.46. The van der Waals surface area contributed by atoms with E-state index in [1.807, 2.05) is 36.4 Å². The molecule has 2 saturated heterocycles. The highest BCUT2D eigenvalue weighted by Gasteiger charge is 2.53. The number of carboxylic acid groups (broad SMARTS) is 1. The van der Waals surface area contributed by atoms with Crippen LogP contribution >= 0.6 is 0 Å². The lowest BCUT2D eigenvalue weighted by atomic mass is 9.96. The van der Waals surface area contributed by atoms with E-state index in [9.17, 15) is 14.7 Å². The lowest BCUT2D eigenvalue weighted by molar-refractivity contribution is -0.143. The van der Waals surface area contributed by atoms with Crippen molar-refractivity contribution in [3.8, 4) is 0 Å². The monoisotopic (exact) mass is 368 g/mol. The number of hydrogen-bond donors (Lipinski definition) is 1. The Morgan fingerprint density at radius 2 is 1.85 bits per heavy atom. The molecular weight excluding hydrogens is 344 g/mol. The standard InChI is InChI=1S/C21H24N2O4/c1-2-22-11-9-21(10-12-22)23(18(14-27-21)20(25)26)19(24)17-8-7-15-5-3-4-6-16(15)13-17/h3-8,13,18H,2,9-12,14H2,1H3,(H,25,26). The average molecular weight is 368 g/mol. The van der Waals surface area contributed by atoms with Gasteiger partial charge in [0.1, 0.15) is 5.72 Å². The fourth-order valence-corrected chi connectivity index (χ4v) is 4.24. The lowest BCUT2D eigenvalue weighted by Gasteiger charge is -2.44. The summed E-state index contributed by atoms with van der Waals surface area (Å²) in [5, 5.41) is 11.7. The molecule has 2 aliphatic rings. The Morgan fingerprint density at radius 3 is 2.52 bits per heavy atom. The van der Waals surface area contributed by atoms with E-state index in [0.717, 1.165) is 30.4 Å². The molecule has 1 N–H and O–H groups in total. The van der Waals surface area contributed by atoms with Crippen molar-refractivity contribution in [2.75, 3.05) is 26.2 Å². The highest BCUT2D eigenvalue weighted by Crippen LogP contribution is 2.38. The Hall–Kier alpha value is -2.44. The minimum absolute atomic E-state index is 0.0424. The number of ether oxygens (including phenoxy) is 1. The van der Waals surface area contributed by atoms with Crippen molar-refractivity contribution in [3.05, 3.63) is 48.0 Å². The van der Waals surface area contributed by atoms with Gasteiger partial charge in [-0.3, -0.25) is 9.69 Å². The number of hydrogen-bond acceptors (Lipinski definition) is 4. The summed E-state index contributed by atoms with van der Waals surface area (Å²) in [5.74, 6) is -1.28. The molecule has 6 heteroatoms. The molecule has 1 unspecified atom stereocenters. The zero-order valence-corrected chi connectivity index (χ0v) is 15.4. The largest absolute Gasteiger partial charge is 0.480 e. The first-order valence-corrected chi connectivity index (χ1v) is 9.46. The second kappa shape index (κ2) is 6.94. The van der Waals surface area contributed by atoms with Gasteiger partial charge in [0.25, 0.3) is 5.91 Å². The molecule has 0 saturated carbocycles. The van der Waals surface area contributed by atoms with Gasteiger partial charge in [0.2, 0.25) is 0 Å². The maximum Gasteiger partial charge on any atom is 0.328 e. The van der Waals surface area contributed by atoms with Crippen molar-refractivity contribution in [3.63, 3.8) is 0 Å². The SMILES string of the molecule is CCN1CCC2(CC1)OCC(C(=O)O)N2C(=O)c1ccc2ccccc2c1. The van der Waals surface area contributed by atoms with E-state index in [1.54, 1.807) is 6.07 Å². The fourth-order valence-electron chi connectivity index (χ4n) is 4.24. The molecule has 0 radical (unpaired) electrons. The van der Waals surface area contributed by atoms with Crippen LogP contribution in [0.15, 0.2) is 42.5 Å². The first-order chi connectivity index (χ1) is 13.0. The molecule has 0 bridgehead atoms. The highest BCUT2D eigenvalue weighted by atomic mass is 16.5. The van der Waals surface area contributed by atoms with Gasteiger partial charge in [0.05, 0.1) is 6.61 Å². The number of carbonyl (C=O) groups excluding carboxylic acids is 1. The van der Waals surface area contributed by atoms with E-state index < -0.39 is 17.7 Å². The highest BCUT2D eigenvalue weighted by molar-refractivity contribution is 6.00. The third-order valence-electron chi connectivity index (χ3n) is 5.85. The summed E-state index contributed by atoms with van der Waals surface area (Å²) >= 11 is 0. The summed E-state index contributed by atoms with van der Waals surface area (Å²) < 4.78 is 5.99. The van der Waals surface area contributed by atoms with Crippen molar-refractivity contribution >= 4 is 22.6 Å². The number of aliphatic carboxylic acids is 1. The summed E-state index contributed by atoms with van der Waals surface area (Å²) in [5.41, 5.74) is -0.319. The molecule has 1 amide bonds. The van der Waals surface area contributed by atoms with Gasteiger partial charge in [0.15, 0.2) is 6.04 Å². The number of piperidine rings is 1. The third-order valence-corrected chi connectivity index (χ3v) is 5.85. The molecule has 2 aromatic rings. The van der Waals surface area contributed by atoms with Crippen LogP contribution in [-0.2, 0) is 9.53 Å². The molecule has 0 aliphatic carbocycles. The van der Waals surface area contributed by atoms with Crippen molar-refractivity contribution in [1.82, 2.24) is 9.80 Å². The quantitative estimate of drug-likeness (QED) is 0.902. The predicted octanol–water partition coefficient (Wildman–Crippen LogP) is 2.58. The van der Waals surface area contributed by atoms with Crippen LogP contribution in [0.25, 0.3) is 10.8 Å². The average Bonchev–Trinajstić information content (AvgIpc) is 3.06. The van der Waals surface area contributed by atoms with Crippen LogP contribution in [0.2, 0.25) is 0 Å². The number of carboxylic acids is 1. The molecule has 1 spiro atoms. The van der Waals surface area contributed by atoms with E-state index in [2.05, 4.69) is 11.8 Å². The van der Waals surface area contributed by atoms with Gasteiger partial charge in [0, 0.05) is 31.5 Å². The van der Waals surface area contributed by atoms with Gasteiger partial charge in [-0.25, -0.2) is 4.79 Å². The molecule has 142 valence electrons. The van der Waals surface area contributed by atoms with Crippen molar-refractivity contribution in [2.24, 2.45) is 0 Å². The zero-order valence-electron chi connectivity index (χ0n) is 15.4. The van der Waals surface area contributed by atoms with Gasteiger partial charge in [-0.2, -0.15) is 0 Å². The van der Waals surface area contributed by atoms with E-state index >= 15 is 0 Å². The molecule has 0 aromatic heterocycles. The summed E-state index contributed by atoms with van der Waals surface area (Å²) in [7, 11) is 0. The Morgan fingerprint density at radius 1 is 1.15 bits per heavy atom. The van der Waals surface area contributed by atoms with E-state index in [4.69, 9.17) is 4.74 Å². The normalized spacial score (nSPS) is 22.4. The van der Waals surface area contributed by atoms with Gasteiger partial charge >= 0.3 is 5.97 Å². The number of likely N-dealkylation sites (tertiary alicyclic amines) is 1. The first kappa shape index (κ1) is 17.9. The zero-order chi connectivity index (χ0) is 19.0. The topological polar surface area (TPSA) is 70.1 Å². The Kier molecular flexibility index (Phi) is 4.61. The van der Waals surface area contributed by atoms with Gasteiger partial charge in [-0.1, -0.05) is 37.3 Å². The number of benzene rings is 2. The number of carbonyl (C=O) groups is 2. The van der Waals surface area contributed by atoms with Crippen LogP contribution < -0.4 is 0 Å². The molecular formula is C21H24N2O4. The van der Waals surface area contributed by atoms with Gasteiger partial charge in [-0.15, -0.1) is 0 Å². The summed E-state index contributed by atoms with van der Waals surface area (Å²) in [4.78, 5) is 29.0. The Balaban J connectivity index is 1.69. The minimum atomic E-state index is -1.01. The second-order valence-electron chi connectivity index (χ2n) is 7.28. The molecule has 2 fully saturated rings. The van der Waals surface area contributed by atoms with Crippen molar-refractivity contribution in [1.29, 1.82) is 0 Å². The lowest BCUT2D eigenvalue weighted by Crippen LogP contribution is -2.58. The maximum atomic E-state index is 13.4. The van der Waals surface area contributed by atoms with Crippen LogP contribution in [0.5, 0.6) is 0 Å². The molecule has 27 heavy (non-hydrogen) atoms. The molecule has 6 nitrogen and oxygen atoms in total. The minimum Gasteiger partial charge on any atom is -0.480 e. The van der Waals surface area contributed by atoms with Crippen LogP contribution in [0.1, 0.15) is 30.1 Å². The summed E-state index contributed by atoms with van der Waals surface area (Å²) in [6, 6.07) is 12.4. The van der Waals surface area contributed by atoms with Crippen LogP contribution in [-0.4, -0.2) is 64.8 Å². The van der Waals surface area contributed by atoms with Gasteiger partial charge in [-0.05, 0) is 29.4 Å². The summed E-state index contributed by atoms with van der Waals surface area (Å²) in [6.45, 7) is 4.68. The Labute approximate surface area is 158 Å². The smallest absolute Gasteiger partial charge is 0.328 e. The third kappa shape index (κ3) is 3.09. The molecule has 4 rings (SSSR count). The molecule has 2 heterocycles. The fraction of sp³-hybridized carbons (Fsp3) is 0.429. The molecule has 1 atom stereocenters. The van der Waals surface area contributed by atoms with Gasteiger partial charge < -0.3 is 14.7 Å². The number of fused-ring (bicyclic) bond motifs is 1. The van der Waals surface area contributed by atoms with E-state index in [-0.39, 0.29) is 12.5 Å². The van der Waals surface area contributed by atoms with Crippen molar-refractivity contribution < 1.29 is 19.4 Å². The van der Waals surface area contributed by atoms with Crippen LogP contribution in [0.3, 0.4) is 0 Å². The van der Waals surface area contributed by atoms with E-state index in [1.165, 1.54) is 4.90 Å².